The van der Waals surface area contributed by atoms with E-state index in [2.05, 4.69) is 15.3 Å². The number of nitrogens with zero attached hydrogens (tertiary/aromatic N) is 2. The Morgan fingerprint density at radius 3 is 2.64 bits per heavy atom. The van der Waals surface area contributed by atoms with E-state index in [1.165, 1.54) is 0 Å². The first kappa shape index (κ1) is 17.2. The fourth-order valence-corrected chi connectivity index (χ4v) is 2.17. The van der Waals surface area contributed by atoms with Gasteiger partial charge in [-0.2, -0.15) is 13.2 Å². The first-order valence-electron chi connectivity index (χ1n) is 6.19. The zero-order chi connectivity index (χ0) is 16.5. The second kappa shape index (κ2) is 6.50. The van der Waals surface area contributed by atoms with Crippen molar-refractivity contribution in [3.63, 3.8) is 0 Å². The van der Waals surface area contributed by atoms with Crippen molar-refractivity contribution >= 4 is 17.5 Å². The van der Waals surface area contributed by atoms with Crippen LogP contribution in [0, 0.1) is 0 Å². The molecule has 22 heavy (non-hydrogen) atoms. The standard InChI is InChI=1S/C11H13ClF3N3O4/c12-4-1-16-10(18-9(4)11(13,14)15)17-5-3-22-6(2-19)8(21)7(5)20/h1,5-8,19-21H,2-3H2,(H,16,17,18)/t5-,6+,7+,8-/m0/s1. The Morgan fingerprint density at radius 2 is 2.05 bits per heavy atom. The molecule has 1 aromatic rings. The molecular weight excluding hydrogens is 331 g/mol. The maximum absolute atomic E-state index is 12.7. The highest BCUT2D eigenvalue weighted by atomic mass is 35.5. The fraction of sp³-hybridized carbons (Fsp3) is 0.636. The van der Waals surface area contributed by atoms with Gasteiger partial charge in [0.1, 0.15) is 18.3 Å². The van der Waals surface area contributed by atoms with Crippen LogP contribution in [-0.2, 0) is 10.9 Å². The van der Waals surface area contributed by atoms with Gasteiger partial charge in [-0.3, -0.25) is 0 Å². The quantitative estimate of drug-likeness (QED) is 0.614. The van der Waals surface area contributed by atoms with E-state index < -0.39 is 53.8 Å². The van der Waals surface area contributed by atoms with Gasteiger partial charge in [0.05, 0.1) is 30.5 Å². The monoisotopic (exact) mass is 343 g/mol. The summed E-state index contributed by atoms with van der Waals surface area (Å²) in [5.74, 6) is -0.418. The van der Waals surface area contributed by atoms with Crippen LogP contribution < -0.4 is 5.32 Å². The molecule has 124 valence electrons. The van der Waals surface area contributed by atoms with Gasteiger partial charge in [0.25, 0.3) is 0 Å². The van der Waals surface area contributed by atoms with Crippen molar-refractivity contribution in [2.45, 2.75) is 30.5 Å². The van der Waals surface area contributed by atoms with E-state index in [0.29, 0.717) is 0 Å². The summed E-state index contributed by atoms with van der Waals surface area (Å²) in [5.41, 5.74) is -1.31. The Balaban J connectivity index is 2.14. The van der Waals surface area contributed by atoms with Crippen LogP contribution in [0.5, 0.6) is 0 Å². The van der Waals surface area contributed by atoms with Gasteiger partial charge in [-0.05, 0) is 0 Å². The number of anilines is 1. The Bertz CT molecular complexity index is 534. The van der Waals surface area contributed by atoms with Gasteiger partial charge in [-0.15, -0.1) is 0 Å². The molecule has 0 unspecified atom stereocenters. The third kappa shape index (κ3) is 3.58. The minimum atomic E-state index is -4.75. The highest BCUT2D eigenvalue weighted by Gasteiger charge is 2.39. The highest BCUT2D eigenvalue weighted by Crippen LogP contribution is 2.33. The predicted octanol–water partition coefficient (Wildman–Crippen LogP) is 0.0422. The molecule has 7 nitrogen and oxygen atoms in total. The number of alkyl halides is 3. The second-order valence-corrected chi connectivity index (χ2v) is 5.08. The summed E-state index contributed by atoms with van der Waals surface area (Å²) < 4.78 is 43.2. The van der Waals surface area contributed by atoms with Crippen LogP contribution in [0.2, 0.25) is 5.02 Å². The highest BCUT2D eigenvalue weighted by molar-refractivity contribution is 6.31. The number of hydrogen-bond acceptors (Lipinski definition) is 7. The maximum atomic E-state index is 12.7. The smallest absolute Gasteiger partial charge is 0.394 e. The number of aliphatic hydroxyl groups is 3. The molecule has 0 aromatic carbocycles. The summed E-state index contributed by atoms with van der Waals surface area (Å²) in [6.45, 7) is -0.655. The topological polar surface area (TPSA) is 108 Å². The van der Waals surface area contributed by atoms with Crippen LogP contribution in [0.15, 0.2) is 6.20 Å². The Kier molecular flexibility index (Phi) is 5.07. The summed E-state index contributed by atoms with van der Waals surface area (Å²) >= 11 is 5.40. The van der Waals surface area contributed by atoms with Crippen molar-refractivity contribution in [3.05, 3.63) is 16.9 Å². The lowest BCUT2D eigenvalue weighted by molar-refractivity contribution is -0.152. The van der Waals surface area contributed by atoms with Gasteiger partial charge in [0.2, 0.25) is 5.95 Å². The Morgan fingerprint density at radius 1 is 1.36 bits per heavy atom. The molecule has 0 amide bonds. The van der Waals surface area contributed by atoms with E-state index in [1.807, 2.05) is 0 Å². The lowest BCUT2D eigenvalue weighted by Gasteiger charge is -2.37. The third-order valence-corrected chi connectivity index (χ3v) is 3.42. The van der Waals surface area contributed by atoms with Crippen molar-refractivity contribution in [3.8, 4) is 0 Å². The molecule has 2 rings (SSSR count). The number of halogens is 4. The Labute approximate surface area is 127 Å². The molecule has 1 saturated heterocycles. The van der Waals surface area contributed by atoms with Gasteiger partial charge in [-0.1, -0.05) is 11.6 Å². The summed E-state index contributed by atoms with van der Waals surface area (Å²) in [7, 11) is 0. The molecule has 1 aromatic heterocycles. The second-order valence-electron chi connectivity index (χ2n) is 4.67. The summed E-state index contributed by atoms with van der Waals surface area (Å²) in [4.78, 5) is 6.85. The van der Waals surface area contributed by atoms with E-state index in [9.17, 15) is 23.4 Å². The van der Waals surface area contributed by atoms with Crippen LogP contribution in [0.25, 0.3) is 0 Å². The van der Waals surface area contributed by atoms with Crippen molar-refractivity contribution in [1.82, 2.24) is 9.97 Å². The summed E-state index contributed by atoms with van der Waals surface area (Å²) in [6, 6.07) is -0.944. The number of nitrogens with one attached hydrogen (secondary N) is 1. The normalized spacial score (nSPS) is 29.4. The number of aliphatic hydroxyl groups excluding tert-OH is 3. The first-order chi connectivity index (χ1) is 10.2. The number of ether oxygens (including phenoxy) is 1. The Hall–Kier alpha value is -1.20. The molecule has 4 N–H and O–H groups in total. The van der Waals surface area contributed by atoms with Crippen molar-refractivity contribution in [2.75, 3.05) is 18.5 Å². The molecule has 1 fully saturated rings. The molecule has 0 saturated carbocycles. The molecule has 11 heteroatoms. The van der Waals surface area contributed by atoms with Gasteiger partial charge >= 0.3 is 6.18 Å². The average Bonchev–Trinajstić information content (AvgIpc) is 2.45. The molecule has 4 atom stereocenters. The van der Waals surface area contributed by atoms with E-state index in [-0.39, 0.29) is 6.61 Å². The molecule has 1 aliphatic rings. The third-order valence-electron chi connectivity index (χ3n) is 3.14. The molecule has 0 aliphatic carbocycles. The van der Waals surface area contributed by atoms with Gasteiger partial charge in [-0.25, -0.2) is 9.97 Å². The number of hydrogen-bond donors (Lipinski definition) is 4. The van der Waals surface area contributed by atoms with Crippen LogP contribution in [0.4, 0.5) is 19.1 Å². The van der Waals surface area contributed by atoms with Crippen LogP contribution in [0.3, 0.4) is 0 Å². The molecular formula is C11H13ClF3N3O4. The summed E-state index contributed by atoms with van der Waals surface area (Å²) in [6.07, 6.45) is -7.71. The van der Waals surface area contributed by atoms with Crippen LogP contribution in [-0.4, -0.2) is 62.9 Å². The first-order valence-corrected chi connectivity index (χ1v) is 6.56. The zero-order valence-electron chi connectivity index (χ0n) is 11.0. The lowest BCUT2D eigenvalue weighted by atomic mass is 9.98. The van der Waals surface area contributed by atoms with E-state index in [4.69, 9.17) is 21.4 Å². The zero-order valence-corrected chi connectivity index (χ0v) is 11.7. The van der Waals surface area contributed by atoms with E-state index in [0.717, 1.165) is 6.20 Å². The molecule has 0 bridgehead atoms. The van der Waals surface area contributed by atoms with E-state index in [1.54, 1.807) is 0 Å². The minimum Gasteiger partial charge on any atom is -0.394 e. The molecule has 1 aliphatic heterocycles. The van der Waals surface area contributed by atoms with Gasteiger partial charge < -0.3 is 25.4 Å². The van der Waals surface area contributed by atoms with Crippen LogP contribution in [0.1, 0.15) is 5.69 Å². The molecule has 0 radical (unpaired) electrons. The fourth-order valence-electron chi connectivity index (χ4n) is 1.97. The minimum absolute atomic E-state index is 0.156. The SMILES string of the molecule is OC[C@H]1OC[C@H](Nc2ncc(Cl)c(C(F)(F)F)n2)[C@@H](O)[C@H]1O. The van der Waals surface area contributed by atoms with Crippen LogP contribution >= 0.6 is 11.6 Å². The predicted molar refractivity (Wildman–Crippen MR) is 68.3 cm³/mol. The van der Waals surface area contributed by atoms with E-state index >= 15 is 0 Å². The lowest BCUT2D eigenvalue weighted by Crippen LogP contribution is -2.56. The molecule has 0 spiro atoms. The van der Waals surface area contributed by atoms with Crippen molar-refractivity contribution in [1.29, 1.82) is 0 Å². The van der Waals surface area contributed by atoms with Crippen molar-refractivity contribution < 1.29 is 33.2 Å². The summed E-state index contributed by atoms with van der Waals surface area (Å²) in [5, 5.41) is 30.3. The number of aromatic nitrogens is 2. The maximum Gasteiger partial charge on any atom is 0.435 e. The van der Waals surface area contributed by atoms with Crippen molar-refractivity contribution in [2.24, 2.45) is 0 Å². The number of rotatable bonds is 3. The average molecular weight is 344 g/mol. The van der Waals surface area contributed by atoms with Gasteiger partial charge in [0.15, 0.2) is 5.69 Å². The molecule has 2 heterocycles. The largest absolute Gasteiger partial charge is 0.435 e. The van der Waals surface area contributed by atoms with Gasteiger partial charge in [0, 0.05) is 0 Å².